The van der Waals surface area contributed by atoms with Crippen LogP contribution >= 0.6 is 11.3 Å². The largest absolute Gasteiger partial charge is 0.339 e. The fourth-order valence-electron chi connectivity index (χ4n) is 3.68. The lowest BCUT2D eigenvalue weighted by molar-refractivity contribution is -0.123. The van der Waals surface area contributed by atoms with E-state index in [1.54, 1.807) is 29.5 Å². The highest BCUT2D eigenvalue weighted by molar-refractivity contribution is 7.88. The lowest BCUT2D eigenvalue weighted by Crippen LogP contribution is -2.31. The Kier molecular flexibility index (Phi) is 6.32. The molecule has 1 aliphatic heterocycles. The number of benzene rings is 1. The second-order valence-electron chi connectivity index (χ2n) is 7.93. The molecular formula is C21H24N6O4S2. The van der Waals surface area contributed by atoms with Gasteiger partial charge >= 0.3 is 0 Å². The van der Waals surface area contributed by atoms with Crippen LogP contribution in [0.25, 0.3) is 0 Å². The Hall–Kier alpha value is -3.09. The number of thiophene rings is 1. The van der Waals surface area contributed by atoms with Crippen molar-refractivity contribution in [3.8, 4) is 0 Å². The maximum atomic E-state index is 13.1. The summed E-state index contributed by atoms with van der Waals surface area (Å²) in [5.41, 5.74) is 7.68. The Morgan fingerprint density at radius 2 is 1.94 bits per heavy atom. The van der Waals surface area contributed by atoms with Crippen molar-refractivity contribution >= 4 is 39.1 Å². The van der Waals surface area contributed by atoms with Gasteiger partial charge in [0, 0.05) is 39.0 Å². The van der Waals surface area contributed by atoms with Crippen LogP contribution in [0.3, 0.4) is 0 Å². The van der Waals surface area contributed by atoms with E-state index in [2.05, 4.69) is 10.1 Å². The first-order valence-corrected chi connectivity index (χ1v) is 12.9. The molecule has 2 N–H and O–H groups in total. The molecule has 4 rings (SSSR count). The van der Waals surface area contributed by atoms with Gasteiger partial charge in [0.1, 0.15) is 0 Å². The first kappa shape index (κ1) is 23.1. The summed E-state index contributed by atoms with van der Waals surface area (Å²) in [5, 5.41) is 6.22. The molecule has 1 unspecified atom stereocenters. The van der Waals surface area contributed by atoms with Crippen molar-refractivity contribution in [3.63, 3.8) is 0 Å². The van der Waals surface area contributed by atoms with Gasteiger partial charge < -0.3 is 10.6 Å². The van der Waals surface area contributed by atoms with Crippen LogP contribution in [-0.2, 0) is 27.9 Å². The molecule has 0 bridgehead atoms. The van der Waals surface area contributed by atoms with Crippen molar-refractivity contribution in [3.05, 3.63) is 63.6 Å². The van der Waals surface area contributed by atoms with Gasteiger partial charge in [0.15, 0.2) is 5.82 Å². The molecule has 1 amide bonds. The van der Waals surface area contributed by atoms with Gasteiger partial charge in [-0.05, 0) is 22.6 Å². The number of nitrogens with zero attached hydrogens (tertiary/aromatic N) is 5. The van der Waals surface area contributed by atoms with Crippen LogP contribution in [0.1, 0.15) is 39.0 Å². The number of anilines is 1. The maximum Gasteiger partial charge on any atom is 0.291 e. The van der Waals surface area contributed by atoms with Crippen LogP contribution in [-0.4, -0.2) is 59.2 Å². The quantitative estimate of drug-likeness (QED) is 0.528. The first-order chi connectivity index (χ1) is 15.7. The van der Waals surface area contributed by atoms with E-state index in [1.807, 2.05) is 24.3 Å². The number of aromatic nitrogens is 3. The normalized spacial score (nSPS) is 16.4. The van der Waals surface area contributed by atoms with Crippen LogP contribution in [0.2, 0.25) is 0 Å². The zero-order chi connectivity index (χ0) is 23.8. The molecule has 3 aromatic rings. The SMILES string of the molecule is CN(Cc1ccc(CN)cc1)c1nc(C2CC(=O)N(S(C)(=O)=O)C2)nn1C(=O)c1cccs1. The van der Waals surface area contributed by atoms with E-state index in [4.69, 9.17) is 5.73 Å². The van der Waals surface area contributed by atoms with Crippen molar-refractivity contribution in [1.82, 2.24) is 19.1 Å². The van der Waals surface area contributed by atoms with Gasteiger partial charge in [-0.2, -0.15) is 9.67 Å². The van der Waals surface area contributed by atoms with Gasteiger partial charge in [-0.1, -0.05) is 30.3 Å². The van der Waals surface area contributed by atoms with Crippen molar-refractivity contribution in [1.29, 1.82) is 0 Å². The van der Waals surface area contributed by atoms with Gasteiger partial charge in [0.05, 0.1) is 11.1 Å². The predicted molar refractivity (Wildman–Crippen MR) is 124 cm³/mol. The average Bonchev–Trinajstić information content (AvgIpc) is 3.52. The van der Waals surface area contributed by atoms with Crippen LogP contribution < -0.4 is 10.6 Å². The molecule has 1 aromatic carbocycles. The summed E-state index contributed by atoms with van der Waals surface area (Å²) >= 11 is 1.29. The van der Waals surface area contributed by atoms with E-state index in [-0.39, 0.29) is 24.7 Å². The summed E-state index contributed by atoms with van der Waals surface area (Å²) < 4.78 is 25.9. The number of carbonyl (C=O) groups excluding carboxylic acids is 2. The molecule has 0 spiro atoms. The van der Waals surface area contributed by atoms with Crippen molar-refractivity contribution in [2.24, 2.45) is 5.73 Å². The van der Waals surface area contributed by atoms with Crippen molar-refractivity contribution in [2.75, 3.05) is 24.7 Å². The Morgan fingerprint density at radius 1 is 1.24 bits per heavy atom. The Balaban J connectivity index is 1.66. The van der Waals surface area contributed by atoms with E-state index in [0.717, 1.165) is 21.7 Å². The lowest BCUT2D eigenvalue weighted by Gasteiger charge is -2.18. The monoisotopic (exact) mass is 488 g/mol. The summed E-state index contributed by atoms with van der Waals surface area (Å²) in [6.45, 7) is 0.867. The fourth-order valence-corrected chi connectivity index (χ4v) is 5.22. The van der Waals surface area contributed by atoms with E-state index in [9.17, 15) is 18.0 Å². The number of rotatable bonds is 7. The van der Waals surface area contributed by atoms with Gasteiger partial charge in [-0.15, -0.1) is 16.4 Å². The van der Waals surface area contributed by atoms with E-state index >= 15 is 0 Å². The Labute approximate surface area is 195 Å². The van der Waals surface area contributed by atoms with Crippen LogP contribution in [0.15, 0.2) is 41.8 Å². The third-order valence-electron chi connectivity index (χ3n) is 5.40. The lowest BCUT2D eigenvalue weighted by atomic mass is 10.1. The second-order valence-corrected chi connectivity index (χ2v) is 10.8. The van der Waals surface area contributed by atoms with Gasteiger partial charge in [0.2, 0.25) is 21.9 Å². The smallest absolute Gasteiger partial charge is 0.291 e. The number of sulfonamides is 1. The molecule has 33 heavy (non-hydrogen) atoms. The predicted octanol–water partition coefficient (Wildman–Crippen LogP) is 1.40. The first-order valence-electron chi connectivity index (χ1n) is 10.2. The second kappa shape index (κ2) is 9.04. The number of hydrogen-bond acceptors (Lipinski definition) is 9. The molecular weight excluding hydrogens is 464 g/mol. The maximum absolute atomic E-state index is 13.1. The molecule has 2 aromatic heterocycles. The zero-order valence-corrected chi connectivity index (χ0v) is 19.8. The third-order valence-corrected chi connectivity index (χ3v) is 7.41. The molecule has 12 heteroatoms. The van der Waals surface area contributed by atoms with E-state index < -0.39 is 21.8 Å². The van der Waals surface area contributed by atoms with Gasteiger partial charge in [0.25, 0.3) is 5.91 Å². The molecule has 1 aliphatic rings. The zero-order valence-electron chi connectivity index (χ0n) is 18.2. The highest BCUT2D eigenvalue weighted by Gasteiger charge is 2.39. The number of carbonyl (C=O) groups is 2. The molecule has 1 atom stereocenters. The fraction of sp³-hybridized carbons (Fsp3) is 0.333. The topological polar surface area (TPSA) is 131 Å². The number of hydrogen-bond donors (Lipinski definition) is 1. The molecule has 1 saturated heterocycles. The minimum atomic E-state index is -3.67. The van der Waals surface area contributed by atoms with Crippen molar-refractivity contribution < 1.29 is 18.0 Å². The van der Waals surface area contributed by atoms with Crippen LogP contribution in [0.5, 0.6) is 0 Å². The summed E-state index contributed by atoms with van der Waals surface area (Å²) in [6, 6.07) is 11.3. The molecule has 0 radical (unpaired) electrons. The molecule has 3 heterocycles. The minimum Gasteiger partial charge on any atom is -0.339 e. The molecule has 1 fully saturated rings. The summed E-state index contributed by atoms with van der Waals surface area (Å²) in [6.07, 6.45) is 0.961. The molecule has 0 saturated carbocycles. The van der Waals surface area contributed by atoms with Crippen LogP contribution in [0.4, 0.5) is 5.95 Å². The summed E-state index contributed by atoms with van der Waals surface area (Å²) in [4.78, 5) is 32.2. The molecule has 10 nitrogen and oxygen atoms in total. The highest BCUT2D eigenvalue weighted by atomic mass is 32.2. The van der Waals surface area contributed by atoms with Gasteiger partial charge in [-0.3, -0.25) is 9.59 Å². The molecule has 0 aliphatic carbocycles. The van der Waals surface area contributed by atoms with E-state index in [0.29, 0.717) is 23.9 Å². The van der Waals surface area contributed by atoms with E-state index in [1.165, 1.54) is 16.0 Å². The average molecular weight is 489 g/mol. The standard InChI is InChI=1S/C21H24N6O4S2/c1-25(12-15-7-5-14(11-22)6-8-15)21-23-19(16-10-18(28)26(13-16)33(2,30)31)24-27(21)20(29)17-4-3-9-32-17/h3-9,16H,10-13,22H2,1-2H3. The number of nitrogens with two attached hydrogens (primary N) is 1. The Bertz CT molecular complexity index is 1270. The minimum absolute atomic E-state index is 0.0337. The molecule has 174 valence electrons. The van der Waals surface area contributed by atoms with Gasteiger partial charge in [-0.25, -0.2) is 12.7 Å². The summed E-state index contributed by atoms with van der Waals surface area (Å²) in [7, 11) is -1.88. The highest BCUT2D eigenvalue weighted by Crippen LogP contribution is 2.30. The Morgan fingerprint density at radius 3 is 2.52 bits per heavy atom. The van der Waals surface area contributed by atoms with Crippen molar-refractivity contribution in [2.45, 2.75) is 25.4 Å². The number of amides is 1. The van der Waals surface area contributed by atoms with Crippen LogP contribution in [0, 0.1) is 0 Å². The summed E-state index contributed by atoms with van der Waals surface area (Å²) in [5.74, 6) is -0.788. The third kappa shape index (κ3) is 4.82.